The van der Waals surface area contributed by atoms with E-state index in [9.17, 15) is 14.7 Å². The van der Waals surface area contributed by atoms with Gasteiger partial charge < -0.3 is 14.9 Å². The van der Waals surface area contributed by atoms with Gasteiger partial charge in [-0.05, 0) is 19.8 Å². The molecule has 0 bridgehead atoms. The minimum Gasteiger partial charge on any atom is -0.481 e. The van der Waals surface area contributed by atoms with E-state index in [4.69, 9.17) is 9.84 Å². The van der Waals surface area contributed by atoms with Gasteiger partial charge in [0.2, 0.25) is 0 Å². The van der Waals surface area contributed by atoms with E-state index < -0.39 is 12.1 Å². The summed E-state index contributed by atoms with van der Waals surface area (Å²) in [5, 5.41) is 17.9. The van der Waals surface area contributed by atoms with E-state index >= 15 is 0 Å². The Hall–Kier alpha value is -1.10. The minimum absolute atomic E-state index is 0.0446. The molecular weight excluding hydrogens is 224 g/mol. The summed E-state index contributed by atoms with van der Waals surface area (Å²) in [6, 6.07) is 0. The highest BCUT2D eigenvalue weighted by molar-refractivity contribution is 5.69. The van der Waals surface area contributed by atoms with Crippen LogP contribution in [-0.4, -0.2) is 34.9 Å². The number of ether oxygens (including phenoxy) is 1. The van der Waals surface area contributed by atoms with Crippen molar-refractivity contribution in [2.45, 2.75) is 58.0 Å². The summed E-state index contributed by atoms with van der Waals surface area (Å²) in [6.45, 7) is 2.06. The van der Waals surface area contributed by atoms with Gasteiger partial charge in [0.05, 0.1) is 19.1 Å². The van der Waals surface area contributed by atoms with Crippen LogP contribution in [0.2, 0.25) is 0 Å². The summed E-state index contributed by atoms with van der Waals surface area (Å²) in [6.07, 6.45) is 3.36. The number of rotatable bonds is 10. The van der Waals surface area contributed by atoms with E-state index in [0.29, 0.717) is 19.4 Å². The molecule has 0 saturated carbocycles. The third kappa shape index (κ3) is 11.2. The summed E-state index contributed by atoms with van der Waals surface area (Å²) >= 11 is 0. The predicted molar refractivity (Wildman–Crippen MR) is 62.6 cm³/mol. The van der Waals surface area contributed by atoms with Crippen LogP contribution in [0.25, 0.3) is 0 Å². The second kappa shape index (κ2) is 10.1. The number of aliphatic carboxylic acids is 1. The van der Waals surface area contributed by atoms with Crippen molar-refractivity contribution in [3.63, 3.8) is 0 Å². The number of hydrogen-bond acceptors (Lipinski definition) is 4. The molecule has 5 nitrogen and oxygen atoms in total. The Balaban J connectivity index is 3.35. The number of hydrogen-bond donors (Lipinski definition) is 2. The molecule has 0 fully saturated rings. The maximum atomic E-state index is 11.0. The first-order valence-electron chi connectivity index (χ1n) is 6.11. The Bertz CT molecular complexity index is 227. The van der Waals surface area contributed by atoms with E-state index in [1.807, 2.05) is 0 Å². The zero-order valence-corrected chi connectivity index (χ0v) is 10.4. The van der Waals surface area contributed by atoms with Gasteiger partial charge in [0.15, 0.2) is 0 Å². The number of aliphatic hydroxyl groups is 1. The van der Waals surface area contributed by atoms with Crippen molar-refractivity contribution in [1.82, 2.24) is 0 Å². The first-order valence-corrected chi connectivity index (χ1v) is 6.11. The normalized spacial score (nSPS) is 12.1. The van der Waals surface area contributed by atoms with Crippen molar-refractivity contribution < 1.29 is 24.5 Å². The first kappa shape index (κ1) is 15.9. The number of carboxylic acid groups (broad SMARTS) is 1. The van der Waals surface area contributed by atoms with Crippen molar-refractivity contribution in [1.29, 1.82) is 0 Å². The smallest absolute Gasteiger partial charge is 0.308 e. The van der Waals surface area contributed by atoms with Crippen LogP contribution in [0.4, 0.5) is 0 Å². The lowest BCUT2D eigenvalue weighted by Gasteiger charge is -2.09. The van der Waals surface area contributed by atoms with Crippen LogP contribution in [0.5, 0.6) is 0 Å². The highest BCUT2D eigenvalue weighted by atomic mass is 16.5. The fourth-order valence-corrected chi connectivity index (χ4v) is 1.52. The van der Waals surface area contributed by atoms with Crippen LogP contribution in [-0.2, 0) is 14.3 Å². The molecule has 0 spiro atoms. The van der Waals surface area contributed by atoms with Crippen molar-refractivity contribution in [3.8, 4) is 0 Å². The maximum Gasteiger partial charge on any atom is 0.308 e. The summed E-state index contributed by atoms with van der Waals surface area (Å²) in [5.74, 6) is -1.14. The summed E-state index contributed by atoms with van der Waals surface area (Å²) < 4.78 is 4.72. The second-order valence-electron chi connectivity index (χ2n) is 4.01. The molecule has 2 N–H and O–H groups in total. The van der Waals surface area contributed by atoms with Gasteiger partial charge in [-0.15, -0.1) is 0 Å². The SMILES string of the molecule is CCOC(=O)C[C@H](O)CCCCCCC(=O)O. The van der Waals surface area contributed by atoms with Crippen LogP contribution in [0.3, 0.4) is 0 Å². The molecular formula is C12H22O5. The molecule has 0 radical (unpaired) electrons. The molecule has 0 unspecified atom stereocenters. The van der Waals surface area contributed by atoms with Gasteiger partial charge >= 0.3 is 11.9 Å². The number of carboxylic acids is 1. The molecule has 0 aliphatic heterocycles. The van der Waals surface area contributed by atoms with Crippen LogP contribution >= 0.6 is 0 Å². The Morgan fingerprint density at radius 2 is 1.82 bits per heavy atom. The third-order valence-electron chi connectivity index (χ3n) is 2.39. The van der Waals surface area contributed by atoms with E-state index in [-0.39, 0.29) is 18.8 Å². The summed E-state index contributed by atoms with van der Waals surface area (Å²) in [5.41, 5.74) is 0. The quantitative estimate of drug-likeness (QED) is 0.453. The number of carbonyl (C=O) groups excluding carboxylic acids is 1. The molecule has 0 aromatic heterocycles. The maximum absolute atomic E-state index is 11.0. The van der Waals surface area contributed by atoms with E-state index in [2.05, 4.69) is 0 Å². The molecule has 5 heteroatoms. The van der Waals surface area contributed by atoms with Gasteiger partial charge in [-0.3, -0.25) is 9.59 Å². The molecule has 0 aliphatic rings. The molecule has 0 heterocycles. The number of carbonyl (C=O) groups is 2. The molecule has 0 aromatic carbocycles. The topological polar surface area (TPSA) is 83.8 Å². The fraction of sp³-hybridized carbons (Fsp3) is 0.833. The second-order valence-corrected chi connectivity index (χ2v) is 4.01. The Kier molecular flexibility index (Phi) is 9.43. The van der Waals surface area contributed by atoms with Gasteiger partial charge in [-0.1, -0.05) is 19.3 Å². The average Bonchev–Trinajstić information content (AvgIpc) is 2.23. The average molecular weight is 246 g/mol. The molecule has 0 saturated heterocycles. The third-order valence-corrected chi connectivity index (χ3v) is 2.39. The standard InChI is InChI=1S/C12H22O5/c1-2-17-12(16)9-10(13)7-5-3-4-6-8-11(14)15/h10,13H,2-9H2,1H3,(H,14,15)/t10-/m1/s1. The lowest BCUT2D eigenvalue weighted by molar-refractivity contribution is -0.145. The number of unbranched alkanes of at least 4 members (excludes halogenated alkanes) is 3. The van der Waals surface area contributed by atoms with Crippen LogP contribution in [0.1, 0.15) is 51.9 Å². The van der Waals surface area contributed by atoms with Gasteiger partial charge in [-0.2, -0.15) is 0 Å². The fourth-order valence-electron chi connectivity index (χ4n) is 1.52. The van der Waals surface area contributed by atoms with Crippen molar-refractivity contribution in [2.75, 3.05) is 6.61 Å². The lowest BCUT2D eigenvalue weighted by Crippen LogP contribution is -2.15. The molecule has 0 amide bonds. The van der Waals surface area contributed by atoms with E-state index in [0.717, 1.165) is 19.3 Å². The predicted octanol–water partition coefficient (Wildman–Crippen LogP) is 1.73. The molecule has 17 heavy (non-hydrogen) atoms. The summed E-state index contributed by atoms with van der Waals surface area (Å²) in [7, 11) is 0. The Morgan fingerprint density at radius 1 is 1.18 bits per heavy atom. The van der Waals surface area contributed by atoms with Gasteiger partial charge in [0.1, 0.15) is 0 Å². The zero-order chi connectivity index (χ0) is 13.1. The van der Waals surface area contributed by atoms with E-state index in [1.165, 1.54) is 0 Å². The minimum atomic E-state index is -0.771. The zero-order valence-electron chi connectivity index (χ0n) is 10.4. The summed E-state index contributed by atoms with van der Waals surface area (Å²) in [4.78, 5) is 21.2. The van der Waals surface area contributed by atoms with Gasteiger partial charge in [-0.25, -0.2) is 0 Å². The van der Waals surface area contributed by atoms with Crippen molar-refractivity contribution in [2.24, 2.45) is 0 Å². The van der Waals surface area contributed by atoms with Crippen LogP contribution in [0, 0.1) is 0 Å². The van der Waals surface area contributed by atoms with Crippen molar-refractivity contribution >= 4 is 11.9 Å². The molecule has 0 aromatic rings. The highest BCUT2D eigenvalue weighted by Crippen LogP contribution is 2.09. The number of aliphatic hydroxyl groups excluding tert-OH is 1. The number of esters is 1. The van der Waals surface area contributed by atoms with Gasteiger partial charge in [0.25, 0.3) is 0 Å². The highest BCUT2D eigenvalue weighted by Gasteiger charge is 2.10. The van der Waals surface area contributed by atoms with Crippen molar-refractivity contribution in [3.05, 3.63) is 0 Å². The monoisotopic (exact) mass is 246 g/mol. The van der Waals surface area contributed by atoms with Gasteiger partial charge in [0, 0.05) is 6.42 Å². The Labute approximate surface area is 102 Å². The molecule has 0 rings (SSSR count). The largest absolute Gasteiger partial charge is 0.481 e. The molecule has 0 aliphatic carbocycles. The van der Waals surface area contributed by atoms with Crippen LogP contribution < -0.4 is 0 Å². The van der Waals surface area contributed by atoms with E-state index in [1.54, 1.807) is 6.92 Å². The molecule has 1 atom stereocenters. The van der Waals surface area contributed by atoms with Crippen LogP contribution in [0.15, 0.2) is 0 Å². The molecule has 100 valence electrons. The Morgan fingerprint density at radius 3 is 2.41 bits per heavy atom. The lowest BCUT2D eigenvalue weighted by atomic mass is 10.1. The first-order chi connectivity index (χ1) is 8.06.